The standard InChI is InChI=1S/C7H7O5P/c1-3-5-11-13(10,7(8)9)12-6-4-2/h1-2H,5-6H2,(H,8,9). The van der Waals surface area contributed by atoms with Gasteiger partial charge in [0.2, 0.25) is 0 Å². The second kappa shape index (κ2) is 5.40. The van der Waals surface area contributed by atoms with Gasteiger partial charge in [-0.3, -0.25) is 9.05 Å². The highest BCUT2D eigenvalue weighted by atomic mass is 31.2. The van der Waals surface area contributed by atoms with Crippen LogP contribution >= 0.6 is 7.60 Å². The van der Waals surface area contributed by atoms with Gasteiger partial charge in [-0.2, -0.15) is 0 Å². The summed E-state index contributed by atoms with van der Waals surface area (Å²) in [7, 11) is -4.19. The molecule has 0 aromatic rings. The van der Waals surface area contributed by atoms with E-state index in [1.807, 2.05) is 11.8 Å². The van der Waals surface area contributed by atoms with Gasteiger partial charge in [-0.05, 0) is 0 Å². The molecular formula is C7H7O5P. The molecule has 5 nitrogen and oxygen atoms in total. The third-order valence-corrected chi connectivity index (χ3v) is 2.28. The second-order valence-electron chi connectivity index (χ2n) is 1.74. The molecular weight excluding hydrogens is 195 g/mol. The maximum atomic E-state index is 11.2. The molecule has 0 saturated heterocycles. The lowest BCUT2D eigenvalue weighted by Crippen LogP contribution is -2.04. The highest BCUT2D eigenvalue weighted by Gasteiger charge is 2.34. The molecule has 0 heterocycles. The van der Waals surface area contributed by atoms with E-state index in [9.17, 15) is 9.36 Å². The molecule has 0 unspecified atom stereocenters. The molecule has 0 spiro atoms. The first-order valence-corrected chi connectivity index (χ1v) is 4.60. The maximum Gasteiger partial charge on any atom is 0.440 e. The number of hydrogen-bond acceptors (Lipinski definition) is 4. The van der Waals surface area contributed by atoms with Gasteiger partial charge in [-0.25, -0.2) is 9.36 Å². The predicted octanol–water partition coefficient (Wildman–Crippen LogP) is 1.16. The number of carbonyl (C=O) groups is 1. The van der Waals surface area contributed by atoms with E-state index in [0.717, 1.165) is 0 Å². The van der Waals surface area contributed by atoms with E-state index in [2.05, 4.69) is 9.05 Å². The lowest BCUT2D eigenvalue weighted by Gasteiger charge is -2.09. The van der Waals surface area contributed by atoms with Crippen LogP contribution in [-0.4, -0.2) is 24.0 Å². The Balaban J connectivity index is 4.39. The van der Waals surface area contributed by atoms with Crippen LogP contribution in [0.1, 0.15) is 0 Å². The Morgan fingerprint density at radius 2 is 1.69 bits per heavy atom. The van der Waals surface area contributed by atoms with E-state index < -0.39 is 26.5 Å². The van der Waals surface area contributed by atoms with Crippen LogP contribution in [0.15, 0.2) is 0 Å². The van der Waals surface area contributed by atoms with Gasteiger partial charge in [-0.15, -0.1) is 12.8 Å². The molecule has 0 aromatic carbocycles. The lowest BCUT2D eigenvalue weighted by molar-refractivity contribution is 0.190. The molecule has 0 aliphatic rings. The highest BCUT2D eigenvalue weighted by molar-refractivity contribution is 7.71. The Bertz CT molecular complexity index is 286. The molecule has 6 heteroatoms. The summed E-state index contributed by atoms with van der Waals surface area (Å²) in [5.74, 6) is 3.93. The van der Waals surface area contributed by atoms with Gasteiger partial charge in [0.05, 0.1) is 0 Å². The van der Waals surface area contributed by atoms with Gasteiger partial charge in [-0.1, -0.05) is 11.8 Å². The van der Waals surface area contributed by atoms with Crippen LogP contribution < -0.4 is 0 Å². The van der Waals surface area contributed by atoms with Crippen LogP contribution in [0.5, 0.6) is 0 Å². The summed E-state index contributed by atoms with van der Waals surface area (Å²) >= 11 is 0. The molecule has 0 aliphatic heterocycles. The average Bonchev–Trinajstić information content (AvgIpc) is 2.11. The molecule has 0 saturated carbocycles. The Morgan fingerprint density at radius 1 is 1.31 bits per heavy atom. The summed E-state index contributed by atoms with van der Waals surface area (Å²) in [4.78, 5) is 10.4. The molecule has 0 aromatic heterocycles. The Morgan fingerprint density at radius 3 is 1.92 bits per heavy atom. The normalized spacial score (nSPS) is 10.0. The van der Waals surface area contributed by atoms with Crippen molar-refractivity contribution >= 4 is 13.3 Å². The molecule has 0 aliphatic carbocycles. The molecule has 0 radical (unpaired) electrons. The smallest absolute Gasteiger partial charge is 0.440 e. The van der Waals surface area contributed by atoms with E-state index in [1.165, 1.54) is 0 Å². The number of hydrogen-bond donors (Lipinski definition) is 1. The lowest BCUT2D eigenvalue weighted by atomic mass is 10.8. The third kappa shape index (κ3) is 3.78. The molecule has 13 heavy (non-hydrogen) atoms. The van der Waals surface area contributed by atoms with E-state index in [0.29, 0.717) is 0 Å². The fourth-order valence-corrected chi connectivity index (χ4v) is 1.18. The maximum absolute atomic E-state index is 11.2. The van der Waals surface area contributed by atoms with Gasteiger partial charge in [0.1, 0.15) is 13.2 Å². The number of carboxylic acid groups (broad SMARTS) is 1. The van der Waals surface area contributed by atoms with E-state index >= 15 is 0 Å². The molecule has 0 rings (SSSR count). The van der Waals surface area contributed by atoms with Gasteiger partial charge in [0.15, 0.2) is 0 Å². The zero-order chi connectivity index (χ0) is 10.3. The summed E-state index contributed by atoms with van der Waals surface area (Å²) in [5.41, 5.74) is -1.71. The van der Waals surface area contributed by atoms with Crippen LogP contribution in [0, 0.1) is 24.7 Å². The minimum absolute atomic E-state index is 0.409. The van der Waals surface area contributed by atoms with Gasteiger partial charge < -0.3 is 5.11 Å². The van der Waals surface area contributed by atoms with Crippen molar-refractivity contribution in [3.05, 3.63) is 0 Å². The van der Waals surface area contributed by atoms with E-state index in [1.54, 1.807) is 0 Å². The van der Waals surface area contributed by atoms with Crippen LogP contribution in [0.25, 0.3) is 0 Å². The molecule has 0 atom stereocenters. The van der Waals surface area contributed by atoms with Crippen LogP contribution in [0.2, 0.25) is 0 Å². The SMILES string of the molecule is C#CCOP(=O)(OCC#C)C(=O)O. The molecule has 1 N–H and O–H groups in total. The van der Waals surface area contributed by atoms with Crippen molar-refractivity contribution in [2.24, 2.45) is 0 Å². The first kappa shape index (κ1) is 11.7. The Labute approximate surface area is 75.6 Å². The summed E-state index contributed by atoms with van der Waals surface area (Å²) in [6, 6.07) is 0. The minimum Gasteiger partial charge on any atom is -0.472 e. The van der Waals surface area contributed by atoms with Crippen LogP contribution in [0.3, 0.4) is 0 Å². The molecule has 0 amide bonds. The van der Waals surface area contributed by atoms with Gasteiger partial charge in [0.25, 0.3) is 0 Å². The predicted molar refractivity (Wildman–Crippen MR) is 45.2 cm³/mol. The van der Waals surface area contributed by atoms with Crippen molar-refractivity contribution in [1.29, 1.82) is 0 Å². The van der Waals surface area contributed by atoms with E-state index in [-0.39, 0.29) is 0 Å². The Hall–Kier alpha value is -1.26. The average molecular weight is 202 g/mol. The number of rotatable bonds is 5. The first-order valence-electron chi connectivity index (χ1n) is 3.06. The Kier molecular flexibility index (Phi) is 4.87. The van der Waals surface area contributed by atoms with Crippen LogP contribution in [0.4, 0.5) is 4.79 Å². The molecule has 0 fully saturated rings. The topological polar surface area (TPSA) is 72.8 Å². The fourth-order valence-electron chi connectivity index (χ4n) is 0.392. The van der Waals surface area contributed by atoms with Crippen molar-refractivity contribution in [1.82, 2.24) is 0 Å². The summed E-state index contributed by atoms with van der Waals surface area (Å²) in [6.45, 7) is -0.817. The van der Waals surface area contributed by atoms with Gasteiger partial charge in [0, 0.05) is 0 Å². The first-order chi connectivity index (χ1) is 6.06. The zero-order valence-electron chi connectivity index (χ0n) is 6.60. The summed E-state index contributed by atoms with van der Waals surface area (Å²) < 4.78 is 19.9. The van der Waals surface area contributed by atoms with Crippen molar-refractivity contribution < 1.29 is 23.5 Å². The third-order valence-electron chi connectivity index (χ3n) is 0.870. The zero-order valence-corrected chi connectivity index (χ0v) is 7.49. The van der Waals surface area contributed by atoms with Gasteiger partial charge >= 0.3 is 13.3 Å². The number of terminal acetylenes is 2. The van der Waals surface area contributed by atoms with Crippen molar-refractivity contribution in [3.8, 4) is 24.7 Å². The fraction of sp³-hybridized carbons (Fsp3) is 0.286. The minimum atomic E-state index is -4.19. The highest BCUT2D eigenvalue weighted by Crippen LogP contribution is 2.48. The monoisotopic (exact) mass is 202 g/mol. The van der Waals surface area contributed by atoms with Crippen molar-refractivity contribution in [2.75, 3.05) is 13.2 Å². The van der Waals surface area contributed by atoms with Crippen LogP contribution in [-0.2, 0) is 13.6 Å². The molecule has 0 bridgehead atoms. The quantitative estimate of drug-likeness (QED) is 0.534. The largest absolute Gasteiger partial charge is 0.472 e. The van der Waals surface area contributed by atoms with E-state index in [4.69, 9.17) is 18.0 Å². The van der Waals surface area contributed by atoms with Crippen molar-refractivity contribution in [2.45, 2.75) is 0 Å². The summed E-state index contributed by atoms with van der Waals surface area (Å²) in [5, 5.41) is 8.44. The summed E-state index contributed by atoms with van der Waals surface area (Å²) in [6.07, 6.45) is 9.56. The molecule has 70 valence electrons. The van der Waals surface area contributed by atoms with Crippen molar-refractivity contribution in [3.63, 3.8) is 0 Å². The second-order valence-corrected chi connectivity index (χ2v) is 3.63.